The Bertz CT molecular complexity index is 1130. The topological polar surface area (TPSA) is 92.5 Å². The van der Waals surface area contributed by atoms with Gasteiger partial charge in [-0.1, -0.05) is 5.16 Å². The molecule has 4 heterocycles. The van der Waals surface area contributed by atoms with E-state index in [1.54, 1.807) is 0 Å². The molecule has 0 amide bonds. The quantitative estimate of drug-likeness (QED) is 0.580. The zero-order valence-electron chi connectivity index (χ0n) is 14.6. The number of aromatic nitrogens is 5. The molecule has 0 unspecified atom stereocenters. The van der Waals surface area contributed by atoms with Crippen LogP contribution in [-0.2, 0) is 13.0 Å². The van der Waals surface area contributed by atoms with Crippen LogP contribution in [0.5, 0.6) is 0 Å². The number of hydrogen-bond donors (Lipinski definition) is 2. The second kappa shape index (κ2) is 5.74. The van der Waals surface area contributed by atoms with Crippen LogP contribution in [-0.4, -0.2) is 31.6 Å². The molecule has 1 aliphatic heterocycles. The summed E-state index contributed by atoms with van der Waals surface area (Å²) in [6, 6.07) is 5.90. The van der Waals surface area contributed by atoms with Gasteiger partial charge in [0.15, 0.2) is 0 Å². The van der Waals surface area contributed by atoms with Crippen LogP contribution in [0.15, 0.2) is 28.9 Å². The summed E-state index contributed by atoms with van der Waals surface area (Å²) in [6.45, 7) is 5.71. The fraction of sp³-hybridized carbons (Fsp3) is 0.263. The van der Waals surface area contributed by atoms with E-state index < -0.39 is 0 Å². The van der Waals surface area contributed by atoms with Crippen LogP contribution in [0, 0.1) is 13.8 Å². The zero-order chi connectivity index (χ0) is 17.7. The van der Waals surface area contributed by atoms with E-state index in [-0.39, 0.29) is 0 Å². The number of benzene rings is 1. The highest BCUT2D eigenvalue weighted by Gasteiger charge is 2.21. The number of aryl methyl sites for hydroxylation is 2. The standard InChI is InChI=1S/C19H18N6O/c1-10-17(14-5-6-20-8-13(14)9-21-10)18-24-19(26-25-18)12-3-4-15-16(7-12)23-11(2)22-15/h3-4,7,9,20H,5-6,8H2,1-2H3,(H,22,23). The van der Waals surface area contributed by atoms with Crippen LogP contribution < -0.4 is 5.32 Å². The van der Waals surface area contributed by atoms with E-state index in [0.29, 0.717) is 11.7 Å². The van der Waals surface area contributed by atoms with E-state index in [2.05, 4.69) is 30.4 Å². The number of hydrogen-bond acceptors (Lipinski definition) is 6. The SMILES string of the molecule is Cc1nc2ccc(-c3nc(-c4c(C)ncc5c4CCNC5)no3)cc2[nH]1. The number of fused-ring (bicyclic) bond motifs is 2. The van der Waals surface area contributed by atoms with Gasteiger partial charge in [-0.05, 0) is 56.1 Å². The molecule has 0 bridgehead atoms. The second-order valence-electron chi connectivity index (χ2n) is 6.63. The molecule has 0 saturated carbocycles. The summed E-state index contributed by atoms with van der Waals surface area (Å²) in [5, 5.41) is 7.62. The molecule has 7 heteroatoms. The highest BCUT2D eigenvalue weighted by molar-refractivity contribution is 5.80. The lowest BCUT2D eigenvalue weighted by atomic mass is 9.95. The lowest BCUT2D eigenvalue weighted by molar-refractivity contribution is 0.432. The van der Waals surface area contributed by atoms with Gasteiger partial charge in [0.05, 0.1) is 11.0 Å². The van der Waals surface area contributed by atoms with Gasteiger partial charge >= 0.3 is 0 Å². The minimum absolute atomic E-state index is 0.500. The first-order valence-electron chi connectivity index (χ1n) is 8.68. The third-order valence-corrected chi connectivity index (χ3v) is 4.83. The van der Waals surface area contributed by atoms with Gasteiger partial charge in [0.2, 0.25) is 5.82 Å². The van der Waals surface area contributed by atoms with E-state index >= 15 is 0 Å². The molecule has 1 aliphatic rings. The molecule has 130 valence electrons. The molecule has 4 aromatic rings. The molecule has 1 aromatic carbocycles. The van der Waals surface area contributed by atoms with Gasteiger partial charge in [-0.15, -0.1) is 0 Å². The normalized spacial score (nSPS) is 13.9. The Kier molecular flexibility index (Phi) is 3.36. The number of nitrogens with one attached hydrogen (secondary N) is 2. The summed E-state index contributed by atoms with van der Waals surface area (Å²) >= 11 is 0. The summed E-state index contributed by atoms with van der Waals surface area (Å²) in [4.78, 5) is 16.8. The number of imidazole rings is 1. The first-order chi connectivity index (χ1) is 12.7. The van der Waals surface area contributed by atoms with Gasteiger partial charge in [-0.25, -0.2) is 4.98 Å². The maximum absolute atomic E-state index is 5.57. The predicted molar refractivity (Wildman–Crippen MR) is 97.5 cm³/mol. The Hall–Kier alpha value is -3.06. The predicted octanol–water partition coefficient (Wildman–Crippen LogP) is 2.94. The largest absolute Gasteiger partial charge is 0.342 e. The van der Waals surface area contributed by atoms with E-state index in [1.807, 2.05) is 38.2 Å². The molecule has 0 spiro atoms. The molecular formula is C19H18N6O. The number of aromatic amines is 1. The minimum Gasteiger partial charge on any atom is -0.342 e. The zero-order valence-corrected chi connectivity index (χ0v) is 14.6. The molecule has 0 aliphatic carbocycles. The van der Waals surface area contributed by atoms with Crippen molar-refractivity contribution in [2.24, 2.45) is 0 Å². The van der Waals surface area contributed by atoms with Crippen LogP contribution in [0.1, 0.15) is 22.6 Å². The van der Waals surface area contributed by atoms with Crippen molar-refractivity contribution >= 4 is 11.0 Å². The first kappa shape index (κ1) is 15.2. The molecule has 0 fully saturated rings. The maximum atomic E-state index is 5.57. The van der Waals surface area contributed by atoms with Crippen molar-refractivity contribution in [2.45, 2.75) is 26.8 Å². The molecule has 2 N–H and O–H groups in total. The third-order valence-electron chi connectivity index (χ3n) is 4.83. The van der Waals surface area contributed by atoms with Crippen LogP contribution in [0.25, 0.3) is 33.9 Å². The van der Waals surface area contributed by atoms with Gasteiger partial charge in [0.1, 0.15) is 5.82 Å². The average Bonchev–Trinajstić information content (AvgIpc) is 3.26. The highest BCUT2D eigenvalue weighted by atomic mass is 16.5. The summed E-state index contributed by atoms with van der Waals surface area (Å²) in [6.07, 6.45) is 2.88. The van der Waals surface area contributed by atoms with Gasteiger partial charge in [0.25, 0.3) is 5.89 Å². The fourth-order valence-corrected chi connectivity index (χ4v) is 3.58. The fourth-order valence-electron chi connectivity index (χ4n) is 3.58. The summed E-state index contributed by atoms with van der Waals surface area (Å²) < 4.78 is 5.57. The van der Waals surface area contributed by atoms with Gasteiger partial charge in [0, 0.05) is 29.6 Å². The lowest BCUT2D eigenvalue weighted by Gasteiger charge is -2.19. The van der Waals surface area contributed by atoms with Crippen LogP contribution in [0.4, 0.5) is 0 Å². The number of pyridine rings is 1. The van der Waals surface area contributed by atoms with Crippen molar-refractivity contribution in [2.75, 3.05) is 6.54 Å². The molecule has 0 atom stereocenters. The van der Waals surface area contributed by atoms with E-state index in [1.165, 1.54) is 11.1 Å². The van der Waals surface area contributed by atoms with Crippen molar-refractivity contribution < 1.29 is 4.52 Å². The van der Waals surface area contributed by atoms with Crippen LogP contribution in [0.2, 0.25) is 0 Å². The van der Waals surface area contributed by atoms with Crippen molar-refractivity contribution in [3.63, 3.8) is 0 Å². The summed E-state index contributed by atoms with van der Waals surface area (Å²) in [7, 11) is 0. The Balaban J connectivity index is 1.60. The second-order valence-corrected chi connectivity index (χ2v) is 6.63. The first-order valence-corrected chi connectivity index (χ1v) is 8.68. The Labute approximate surface area is 149 Å². The molecule has 7 nitrogen and oxygen atoms in total. The number of nitrogens with zero attached hydrogens (tertiary/aromatic N) is 4. The van der Waals surface area contributed by atoms with Crippen molar-refractivity contribution in [3.05, 3.63) is 47.0 Å². The minimum atomic E-state index is 0.500. The van der Waals surface area contributed by atoms with Gasteiger partial charge in [-0.3, -0.25) is 4.98 Å². The monoisotopic (exact) mass is 346 g/mol. The summed E-state index contributed by atoms with van der Waals surface area (Å²) in [5.74, 6) is 1.99. The molecule has 3 aromatic heterocycles. The number of rotatable bonds is 2. The lowest BCUT2D eigenvalue weighted by Crippen LogP contribution is -2.24. The summed E-state index contributed by atoms with van der Waals surface area (Å²) in [5.41, 5.74) is 7.16. The van der Waals surface area contributed by atoms with E-state index in [0.717, 1.165) is 53.2 Å². The Morgan fingerprint density at radius 2 is 2.08 bits per heavy atom. The molecule has 0 radical (unpaired) electrons. The van der Waals surface area contributed by atoms with Crippen molar-refractivity contribution in [1.82, 2.24) is 30.4 Å². The highest BCUT2D eigenvalue weighted by Crippen LogP contribution is 2.30. The van der Waals surface area contributed by atoms with E-state index in [4.69, 9.17) is 4.52 Å². The Morgan fingerprint density at radius 1 is 1.15 bits per heavy atom. The molecule has 0 saturated heterocycles. The maximum Gasteiger partial charge on any atom is 0.258 e. The third kappa shape index (κ3) is 2.40. The number of H-pyrrole nitrogens is 1. The van der Waals surface area contributed by atoms with E-state index in [9.17, 15) is 0 Å². The molecule has 26 heavy (non-hydrogen) atoms. The molecule has 5 rings (SSSR count). The average molecular weight is 346 g/mol. The van der Waals surface area contributed by atoms with Crippen molar-refractivity contribution in [1.29, 1.82) is 0 Å². The van der Waals surface area contributed by atoms with Crippen LogP contribution in [0.3, 0.4) is 0 Å². The van der Waals surface area contributed by atoms with Crippen LogP contribution >= 0.6 is 0 Å². The smallest absolute Gasteiger partial charge is 0.258 e. The Morgan fingerprint density at radius 3 is 3.00 bits per heavy atom. The van der Waals surface area contributed by atoms with Gasteiger partial charge in [-0.2, -0.15) is 4.98 Å². The van der Waals surface area contributed by atoms with Crippen molar-refractivity contribution in [3.8, 4) is 22.8 Å². The molecular weight excluding hydrogens is 328 g/mol. The van der Waals surface area contributed by atoms with Gasteiger partial charge < -0.3 is 14.8 Å².